The normalized spacial score (nSPS) is 16.6. The number of halogens is 1. The summed E-state index contributed by atoms with van der Waals surface area (Å²) in [5.41, 5.74) is 1.15. The van der Waals surface area contributed by atoms with Crippen molar-refractivity contribution in [3.05, 3.63) is 30.1 Å². The smallest absolute Gasteiger partial charge is 0.0541 e. The summed E-state index contributed by atoms with van der Waals surface area (Å²) in [5.74, 6) is 0. The number of nitrogens with zero attached hydrogens (tertiary/aromatic N) is 1. The van der Waals surface area contributed by atoms with Crippen molar-refractivity contribution in [2.24, 2.45) is 0 Å². The fourth-order valence-electron chi connectivity index (χ4n) is 1.88. The summed E-state index contributed by atoms with van der Waals surface area (Å²) in [5, 5.41) is 3.54. The molecule has 1 aliphatic carbocycles. The summed E-state index contributed by atoms with van der Waals surface area (Å²) in [7, 11) is 0. The highest BCUT2D eigenvalue weighted by Crippen LogP contribution is 2.17. The first kappa shape index (κ1) is 11.5. The third kappa shape index (κ3) is 3.28. The SMILES string of the molecule is Cl.c1ccc(CNC2CCCC2)nc1. The van der Waals surface area contributed by atoms with Crippen LogP contribution in [0.5, 0.6) is 0 Å². The predicted molar refractivity (Wildman–Crippen MR) is 60.6 cm³/mol. The van der Waals surface area contributed by atoms with Gasteiger partial charge in [-0.3, -0.25) is 4.98 Å². The molecule has 0 saturated heterocycles. The fourth-order valence-corrected chi connectivity index (χ4v) is 1.88. The van der Waals surface area contributed by atoms with Crippen molar-refractivity contribution >= 4 is 12.4 Å². The molecule has 0 bridgehead atoms. The maximum Gasteiger partial charge on any atom is 0.0541 e. The van der Waals surface area contributed by atoms with Crippen molar-refractivity contribution in [1.29, 1.82) is 0 Å². The average Bonchev–Trinajstić information content (AvgIpc) is 2.69. The molecular formula is C11H17ClN2. The first-order valence-electron chi connectivity index (χ1n) is 5.08. The lowest BCUT2D eigenvalue weighted by molar-refractivity contribution is 0.519. The highest BCUT2D eigenvalue weighted by atomic mass is 35.5. The van der Waals surface area contributed by atoms with Gasteiger partial charge in [0.2, 0.25) is 0 Å². The van der Waals surface area contributed by atoms with Crippen LogP contribution < -0.4 is 5.32 Å². The van der Waals surface area contributed by atoms with Gasteiger partial charge >= 0.3 is 0 Å². The summed E-state index contributed by atoms with van der Waals surface area (Å²) in [6, 6.07) is 6.81. The lowest BCUT2D eigenvalue weighted by Crippen LogP contribution is -2.25. The van der Waals surface area contributed by atoms with Gasteiger partial charge in [0.15, 0.2) is 0 Å². The minimum atomic E-state index is 0. The second kappa shape index (κ2) is 5.99. The van der Waals surface area contributed by atoms with E-state index in [0.29, 0.717) is 0 Å². The maximum absolute atomic E-state index is 4.28. The summed E-state index contributed by atoms with van der Waals surface area (Å²) < 4.78 is 0. The highest BCUT2D eigenvalue weighted by Gasteiger charge is 2.13. The number of pyridine rings is 1. The Labute approximate surface area is 91.5 Å². The van der Waals surface area contributed by atoms with Crippen LogP contribution in [0.2, 0.25) is 0 Å². The number of nitrogens with one attached hydrogen (secondary N) is 1. The van der Waals surface area contributed by atoms with E-state index in [4.69, 9.17) is 0 Å². The Kier molecular flexibility index (Phi) is 4.91. The molecule has 0 spiro atoms. The van der Waals surface area contributed by atoms with Crippen LogP contribution in [0.1, 0.15) is 31.4 Å². The Morgan fingerprint density at radius 3 is 2.71 bits per heavy atom. The number of hydrogen-bond donors (Lipinski definition) is 1. The van der Waals surface area contributed by atoms with Gasteiger partial charge < -0.3 is 5.32 Å². The van der Waals surface area contributed by atoms with E-state index in [1.807, 2.05) is 18.3 Å². The quantitative estimate of drug-likeness (QED) is 0.833. The van der Waals surface area contributed by atoms with Gasteiger partial charge in [-0.05, 0) is 25.0 Å². The van der Waals surface area contributed by atoms with Gasteiger partial charge in [0.05, 0.1) is 5.69 Å². The molecule has 14 heavy (non-hydrogen) atoms. The van der Waals surface area contributed by atoms with Crippen LogP contribution in [-0.4, -0.2) is 11.0 Å². The zero-order valence-corrected chi connectivity index (χ0v) is 9.09. The molecule has 2 nitrogen and oxygen atoms in total. The zero-order valence-electron chi connectivity index (χ0n) is 8.28. The molecule has 1 N–H and O–H groups in total. The Bertz CT molecular complexity index is 245. The lowest BCUT2D eigenvalue weighted by Gasteiger charge is -2.10. The summed E-state index contributed by atoms with van der Waals surface area (Å²) in [4.78, 5) is 4.28. The highest BCUT2D eigenvalue weighted by molar-refractivity contribution is 5.85. The summed E-state index contributed by atoms with van der Waals surface area (Å²) >= 11 is 0. The van der Waals surface area contributed by atoms with Crippen LogP contribution in [0.15, 0.2) is 24.4 Å². The molecule has 0 radical (unpaired) electrons. The molecule has 1 fully saturated rings. The van der Waals surface area contributed by atoms with Gasteiger partial charge in [-0.2, -0.15) is 0 Å². The van der Waals surface area contributed by atoms with Gasteiger partial charge in [0.25, 0.3) is 0 Å². The van der Waals surface area contributed by atoms with Crippen molar-refractivity contribution in [2.45, 2.75) is 38.3 Å². The lowest BCUT2D eigenvalue weighted by atomic mass is 10.2. The second-order valence-corrected chi connectivity index (χ2v) is 3.68. The molecule has 1 aliphatic rings. The molecule has 0 aliphatic heterocycles. The Balaban J connectivity index is 0.000000980. The Morgan fingerprint density at radius 2 is 2.07 bits per heavy atom. The predicted octanol–water partition coefficient (Wildman–Crippen LogP) is 2.54. The van der Waals surface area contributed by atoms with Crippen LogP contribution in [0.25, 0.3) is 0 Å². The largest absolute Gasteiger partial charge is 0.308 e. The van der Waals surface area contributed by atoms with E-state index < -0.39 is 0 Å². The van der Waals surface area contributed by atoms with Crippen LogP contribution in [-0.2, 0) is 6.54 Å². The topological polar surface area (TPSA) is 24.9 Å². The van der Waals surface area contributed by atoms with E-state index in [-0.39, 0.29) is 12.4 Å². The summed E-state index contributed by atoms with van der Waals surface area (Å²) in [6.07, 6.45) is 7.31. The van der Waals surface area contributed by atoms with E-state index in [1.165, 1.54) is 25.7 Å². The molecular weight excluding hydrogens is 196 g/mol. The minimum absolute atomic E-state index is 0. The molecule has 1 aromatic heterocycles. The Morgan fingerprint density at radius 1 is 1.29 bits per heavy atom. The molecule has 0 atom stereocenters. The molecule has 1 saturated carbocycles. The Hall–Kier alpha value is -0.600. The van der Waals surface area contributed by atoms with E-state index in [9.17, 15) is 0 Å². The third-order valence-electron chi connectivity index (χ3n) is 2.65. The van der Waals surface area contributed by atoms with Crippen molar-refractivity contribution < 1.29 is 0 Å². The van der Waals surface area contributed by atoms with Gasteiger partial charge in [-0.1, -0.05) is 18.9 Å². The molecule has 0 unspecified atom stereocenters. The standard InChI is InChI=1S/C11H16N2.ClH/c1-2-6-10(5-1)13-9-11-7-3-4-8-12-11;/h3-4,7-8,10,13H,1-2,5-6,9H2;1H. The van der Waals surface area contributed by atoms with E-state index in [2.05, 4.69) is 16.4 Å². The summed E-state index contributed by atoms with van der Waals surface area (Å²) in [6.45, 7) is 0.922. The van der Waals surface area contributed by atoms with E-state index in [0.717, 1.165) is 18.3 Å². The van der Waals surface area contributed by atoms with Gasteiger partial charge in [0.1, 0.15) is 0 Å². The van der Waals surface area contributed by atoms with Crippen LogP contribution in [0.4, 0.5) is 0 Å². The van der Waals surface area contributed by atoms with E-state index in [1.54, 1.807) is 0 Å². The molecule has 1 heterocycles. The third-order valence-corrected chi connectivity index (χ3v) is 2.65. The zero-order chi connectivity index (χ0) is 8.93. The van der Waals surface area contributed by atoms with Crippen LogP contribution in [0.3, 0.4) is 0 Å². The second-order valence-electron chi connectivity index (χ2n) is 3.68. The molecule has 0 aromatic carbocycles. The van der Waals surface area contributed by atoms with Gasteiger partial charge in [0, 0.05) is 18.8 Å². The first-order valence-corrected chi connectivity index (χ1v) is 5.08. The molecule has 1 aromatic rings. The number of hydrogen-bond acceptors (Lipinski definition) is 2. The minimum Gasteiger partial charge on any atom is -0.308 e. The van der Waals surface area contributed by atoms with Gasteiger partial charge in [-0.25, -0.2) is 0 Å². The molecule has 78 valence electrons. The van der Waals surface area contributed by atoms with E-state index >= 15 is 0 Å². The molecule has 2 rings (SSSR count). The van der Waals surface area contributed by atoms with Crippen molar-refractivity contribution in [3.8, 4) is 0 Å². The number of aromatic nitrogens is 1. The maximum atomic E-state index is 4.28. The molecule has 3 heteroatoms. The average molecular weight is 213 g/mol. The van der Waals surface area contributed by atoms with Crippen LogP contribution in [0, 0.1) is 0 Å². The first-order chi connectivity index (χ1) is 6.45. The fraction of sp³-hybridized carbons (Fsp3) is 0.545. The number of rotatable bonds is 3. The van der Waals surface area contributed by atoms with Gasteiger partial charge in [-0.15, -0.1) is 12.4 Å². The van der Waals surface area contributed by atoms with Crippen molar-refractivity contribution in [2.75, 3.05) is 0 Å². The van der Waals surface area contributed by atoms with Crippen molar-refractivity contribution in [1.82, 2.24) is 10.3 Å². The molecule has 0 amide bonds. The van der Waals surface area contributed by atoms with Crippen molar-refractivity contribution in [3.63, 3.8) is 0 Å². The monoisotopic (exact) mass is 212 g/mol. The van der Waals surface area contributed by atoms with Crippen LogP contribution >= 0.6 is 12.4 Å².